The molecular formula is C24H27N3O3S. The van der Waals surface area contributed by atoms with E-state index in [2.05, 4.69) is 22.4 Å². The van der Waals surface area contributed by atoms with Crippen LogP contribution in [-0.2, 0) is 16.0 Å². The van der Waals surface area contributed by atoms with Crippen molar-refractivity contribution in [2.45, 2.75) is 43.4 Å². The van der Waals surface area contributed by atoms with Crippen LogP contribution in [0.5, 0.6) is 0 Å². The Hall–Kier alpha value is -2.64. The first-order chi connectivity index (χ1) is 15.1. The maximum atomic E-state index is 13.1. The number of aryl methyl sites for hydroxylation is 1. The fourth-order valence-corrected chi connectivity index (χ4v) is 5.11. The van der Waals surface area contributed by atoms with Gasteiger partial charge >= 0.3 is 0 Å². The van der Waals surface area contributed by atoms with Gasteiger partial charge in [-0.1, -0.05) is 48.2 Å². The molecule has 0 bridgehead atoms. The van der Waals surface area contributed by atoms with E-state index in [1.807, 2.05) is 37.3 Å². The van der Waals surface area contributed by atoms with Gasteiger partial charge in [-0.05, 0) is 49.4 Å². The molecule has 0 aliphatic heterocycles. The Morgan fingerprint density at radius 1 is 1.26 bits per heavy atom. The summed E-state index contributed by atoms with van der Waals surface area (Å²) in [5.74, 6) is 0.142. The van der Waals surface area contributed by atoms with Gasteiger partial charge in [0.1, 0.15) is 0 Å². The predicted octanol–water partition coefficient (Wildman–Crippen LogP) is 3.89. The minimum Gasteiger partial charge on any atom is -0.383 e. The molecule has 0 spiro atoms. The fraction of sp³-hybridized carbons (Fsp3) is 0.375. The number of nitrogens with one attached hydrogen (secondary N) is 1. The molecule has 162 valence electrons. The van der Waals surface area contributed by atoms with Crippen molar-refractivity contribution in [1.29, 1.82) is 0 Å². The number of aromatic nitrogens is 2. The number of para-hydroxylation sites is 1. The van der Waals surface area contributed by atoms with E-state index in [1.54, 1.807) is 17.7 Å². The SMILES string of the molecule is COCC(C)n1c(SCC(=O)NC2CCCc3ccccc32)nc2ccccc2c1=O. The van der Waals surface area contributed by atoms with Crippen LogP contribution in [0.25, 0.3) is 10.9 Å². The lowest BCUT2D eigenvalue weighted by Crippen LogP contribution is -2.33. The maximum absolute atomic E-state index is 13.1. The molecule has 1 N–H and O–H groups in total. The van der Waals surface area contributed by atoms with Crippen molar-refractivity contribution in [1.82, 2.24) is 14.9 Å². The second-order valence-electron chi connectivity index (χ2n) is 7.89. The van der Waals surface area contributed by atoms with E-state index in [1.165, 1.54) is 22.9 Å². The van der Waals surface area contributed by atoms with E-state index in [0.717, 1.165) is 19.3 Å². The first-order valence-electron chi connectivity index (χ1n) is 10.6. The number of carbonyl (C=O) groups is 1. The van der Waals surface area contributed by atoms with Crippen LogP contribution in [0.2, 0.25) is 0 Å². The first kappa shape index (κ1) is 21.6. The number of thioether (sulfide) groups is 1. The average Bonchev–Trinajstić information content (AvgIpc) is 2.78. The third-order valence-electron chi connectivity index (χ3n) is 5.66. The van der Waals surface area contributed by atoms with Gasteiger partial charge in [0.05, 0.1) is 35.3 Å². The van der Waals surface area contributed by atoms with Crippen molar-refractivity contribution in [3.05, 3.63) is 70.0 Å². The standard InChI is InChI=1S/C24H27N3O3S/c1-16(14-30-2)27-23(29)19-11-5-6-12-21(19)26-24(27)31-15-22(28)25-20-13-7-9-17-8-3-4-10-18(17)20/h3-6,8,10-12,16,20H,7,9,13-15H2,1-2H3,(H,25,28). The molecule has 0 saturated carbocycles. The summed E-state index contributed by atoms with van der Waals surface area (Å²) >= 11 is 1.29. The number of hydrogen-bond acceptors (Lipinski definition) is 5. The van der Waals surface area contributed by atoms with Crippen molar-refractivity contribution >= 4 is 28.6 Å². The van der Waals surface area contributed by atoms with E-state index in [0.29, 0.717) is 22.7 Å². The number of rotatable bonds is 7. The smallest absolute Gasteiger partial charge is 0.262 e. The van der Waals surface area contributed by atoms with Crippen LogP contribution in [0.1, 0.15) is 43.0 Å². The lowest BCUT2D eigenvalue weighted by molar-refractivity contribution is -0.119. The van der Waals surface area contributed by atoms with Crippen LogP contribution < -0.4 is 10.9 Å². The monoisotopic (exact) mass is 437 g/mol. The molecule has 2 aromatic carbocycles. The number of amides is 1. The molecule has 1 heterocycles. The number of hydrogen-bond donors (Lipinski definition) is 1. The van der Waals surface area contributed by atoms with Crippen LogP contribution in [0.4, 0.5) is 0 Å². The van der Waals surface area contributed by atoms with Gasteiger partial charge in [0, 0.05) is 7.11 Å². The second kappa shape index (κ2) is 9.66. The van der Waals surface area contributed by atoms with E-state index in [-0.39, 0.29) is 29.3 Å². The van der Waals surface area contributed by atoms with Crippen molar-refractivity contribution in [3.8, 4) is 0 Å². The molecule has 3 aromatic rings. The van der Waals surface area contributed by atoms with Gasteiger partial charge in [0.15, 0.2) is 5.16 Å². The minimum absolute atomic E-state index is 0.0391. The van der Waals surface area contributed by atoms with Gasteiger partial charge < -0.3 is 10.1 Å². The number of nitrogens with zero attached hydrogens (tertiary/aromatic N) is 2. The van der Waals surface area contributed by atoms with Crippen molar-refractivity contribution in [2.24, 2.45) is 0 Å². The summed E-state index contributed by atoms with van der Waals surface area (Å²) in [5, 5.41) is 4.27. The van der Waals surface area contributed by atoms with Crippen molar-refractivity contribution in [2.75, 3.05) is 19.5 Å². The Labute approximate surface area is 186 Å². The van der Waals surface area contributed by atoms with E-state index in [4.69, 9.17) is 4.74 Å². The molecule has 0 saturated heterocycles. The highest BCUT2D eigenvalue weighted by Gasteiger charge is 2.22. The molecule has 1 aliphatic carbocycles. The van der Waals surface area contributed by atoms with Gasteiger partial charge in [-0.25, -0.2) is 4.98 Å². The largest absolute Gasteiger partial charge is 0.383 e. The summed E-state index contributed by atoms with van der Waals surface area (Å²) in [6, 6.07) is 15.4. The molecule has 7 heteroatoms. The molecule has 4 rings (SSSR count). The third-order valence-corrected chi connectivity index (χ3v) is 6.61. The van der Waals surface area contributed by atoms with Crippen LogP contribution in [0.3, 0.4) is 0 Å². The van der Waals surface area contributed by atoms with E-state index < -0.39 is 0 Å². The first-order valence-corrected chi connectivity index (χ1v) is 11.6. The molecule has 1 aromatic heterocycles. The normalized spacial score (nSPS) is 16.6. The number of carbonyl (C=O) groups excluding carboxylic acids is 1. The number of fused-ring (bicyclic) bond motifs is 2. The third kappa shape index (κ3) is 4.67. The molecule has 0 radical (unpaired) electrons. The zero-order chi connectivity index (χ0) is 21.8. The van der Waals surface area contributed by atoms with Gasteiger partial charge in [0.2, 0.25) is 5.91 Å². The van der Waals surface area contributed by atoms with E-state index >= 15 is 0 Å². The molecule has 1 aliphatic rings. The number of methoxy groups -OCH3 is 1. The summed E-state index contributed by atoms with van der Waals surface area (Å²) in [6.07, 6.45) is 3.06. The Morgan fingerprint density at radius 2 is 2.03 bits per heavy atom. The lowest BCUT2D eigenvalue weighted by Gasteiger charge is -2.26. The molecule has 6 nitrogen and oxygen atoms in total. The highest BCUT2D eigenvalue weighted by Crippen LogP contribution is 2.29. The topological polar surface area (TPSA) is 73.2 Å². The van der Waals surface area contributed by atoms with Crippen molar-refractivity contribution in [3.63, 3.8) is 0 Å². The summed E-state index contributed by atoms with van der Waals surface area (Å²) in [5.41, 5.74) is 3.04. The molecule has 2 unspecified atom stereocenters. The average molecular weight is 438 g/mol. The quantitative estimate of drug-likeness (QED) is 0.448. The summed E-state index contributed by atoms with van der Waals surface area (Å²) in [7, 11) is 1.61. The lowest BCUT2D eigenvalue weighted by atomic mass is 9.88. The van der Waals surface area contributed by atoms with Crippen LogP contribution >= 0.6 is 11.8 Å². The molecule has 2 atom stereocenters. The predicted molar refractivity (Wildman–Crippen MR) is 124 cm³/mol. The van der Waals surface area contributed by atoms with Gasteiger partial charge in [0.25, 0.3) is 5.56 Å². The molecule has 31 heavy (non-hydrogen) atoms. The molecule has 0 fully saturated rings. The van der Waals surface area contributed by atoms with E-state index in [9.17, 15) is 9.59 Å². The Bertz CT molecular complexity index is 1140. The van der Waals surface area contributed by atoms with Gasteiger partial charge in [-0.2, -0.15) is 0 Å². The van der Waals surface area contributed by atoms with Gasteiger partial charge in [-0.15, -0.1) is 0 Å². The second-order valence-corrected chi connectivity index (χ2v) is 8.83. The zero-order valence-corrected chi connectivity index (χ0v) is 18.7. The van der Waals surface area contributed by atoms with Gasteiger partial charge in [-0.3, -0.25) is 14.2 Å². The summed E-state index contributed by atoms with van der Waals surface area (Å²) in [6.45, 7) is 2.31. The summed E-state index contributed by atoms with van der Waals surface area (Å²) < 4.78 is 6.90. The summed E-state index contributed by atoms with van der Waals surface area (Å²) in [4.78, 5) is 30.6. The zero-order valence-electron chi connectivity index (χ0n) is 17.8. The Balaban J connectivity index is 1.54. The maximum Gasteiger partial charge on any atom is 0.262 e. The number of ether oxygens (including phenoxy) is 1. The highest BCUT2D eigenvalue weighted by atomic mass is 32.2. The Kier molecular flexibility index (Phi) is 6.73. The van der Waals surface area contributed by atoms with Crippen LogP contribution in [0.15, 0.2) is 58.5 Å². The number of benzene rings is 2. The fourth-order valence-electron chi connectivity index (χ4n) is 4.20. The highest BCUT2D eigenvalue weighted by molar-refractivity contribution is 7.99. The molecule has 1 amide bonds. The van der Waals surface area contributed by atoms with Crippen LogP contribution in [-0.4, -0.2) is 34.9 Å². The Morgan fingerprint density at radius 3 is 2.87 bits per heavy atom. The minimum atomic E-state index is -0.189. The van der Waals surface area contributed by atoms with Crippen LogP contribution in [0, 0.1) is 0 Å². The van der Waals surface area contributed by atoms with Crippen molar-refractivity contribution < 1.29 is 9.53 Å². The molecular weight excluding hydrogens is 410 g/mol.